The van der Waals surface area contributed by atoms with E-state index in [1.165, 1.54) is 15.3 Å². The number of carbonyl (C=O) groups is 2. The minimum atomic E-state index is -0.0495. The monoisotopic (exact) mass is 357 g/mol. The van der Waals surface area contributed by atoms with Gasteiger partial charge in [0.25, 0.3) is 5.91 Å². The zero-order chi connectivity index (χ0) is 18.0. The fourth-order valence-corrected chi connectivity index (χ4v) is 4.08. The number of amides is 2. The molecule has 1 aromatic heterocycles. The second-order valence-corrected chi connectivity index (χ2v) is 7.52. The number of thiophene rings is 1. The summed E-state index contributed by atoms with van der Waals surface area (Å²) in [6.45, 7) is 3.42. The molecule has 2 amide bonds. The maximum Gasteiger partial charge on any atom is 0.253 e. The quantitative estimate of drug-likeness (QED) is 0.915. The Labute approximate surface area is 152 Å². The van der Waals surface area contributed by atoms with Crippen molar-refractivity contribution in [2.75, 3.05) is 32.5 Å². The first-order chi connectivity index (χ1) is 12.0. The van der Waals surface area contributed by atoms with Crippen LogP contribution in [0.4, 0.5) is 5.69 Å². The summed E-state index contributed by atoms with van der Waals surface area (Å²) in [6.07, 6.45) is 1.01. The molecule has 1 atom stereocenters. The van der Waals surface area contributed by atoms with E-state index >= 15 is 0 Å². The topological polar surface area (TPSA) is 52.7 Å². The van der Waals surface area contributed by atoms with Gasteiger partial charge in [-0.05, 0) is 54.6 Å². The van der Waals surface area contributed by atoms with Gasteiger partial charge in [-0.1, -0.05) is 0 Å². The van der Waals surface area contributed by atoms with Crippen LogP contribution in [0.1, 0.15) is 33.8 Å². The van der Waals surface area contributed by atoms with Crippen LogP contribution in [0.2, 0.25) is 0 Å². The maximum absolute atomic E-state index is 12.4. The van der Waals surface area contributed by atoms with Crippen LogP contribution < -0.4 is 5.32 Å². The van der Waals surface area contributed by atoms with E-state index < -0.39 is 0 Å². The first kappa shape index (κ1) is 17.6. The Morgan fingerprint density at radius 1 is 1.24 bits per heavy atom. The van der Waals surface area contributed by atoms with Crippen LogP contribution in [0.15, 0.2) is 35.7 Å². The summed E-state index contributed by atoms with van der Waals surface area (Å²) in [5, 5.41) is 5.05. The van der Waals surface area contributed by atoms with Crippen LogP contribution in [-0.2, 0) is 11.2 Å². The van der Waals surface area contributed by atoms with E-state index in [1.54, 1.807) is 49.7 Å². The maximum atomic E-state index is 12.4. The predicted octanol–water partition coefficient (Wildman–Crippen LogP) is 3.01. The van der Waals surface area contributed by atoms with Crippen molar-refractivity contribution in [3.05, 3.63) is 51.7 Å². The lowest BCUT2D eigenvalue weighted by atomic mass is 10.0. The molecule has 1 aromatic carbocycles. The van der Waals surface area contributed by atoms with Crippen molar-refractivity contribution in [1.82, 2.24) is 9.80 Å². The van der Waals surface area contributed by atoms with Gasteiger partial charge in [0.15, 0.2) is 0 Å². The van der Waals surface area contributed by atoms with Gasteiger partial charge in [-0.2, -0.15) is 0 Å². The first-order valence-corrected chi connectivity index (χ1v) is 9.25. The molecule has 2 aromatic rings. The third-order valence-corrected chi connectivity index (χ3v) is 5.57. The summed E-state index contributed by atoms with van der Waals surface area (Å²) in [5.41, 5.74) is 2.66. The second-order valence-electron chi connectivity index (χ2n) is 6.52. The molecule has 0 bridgehead atoms. The Bertz CT molecular complexity index is 767. The number of hydrogen-bond acceptors (Lipinski definition) is 4. The summed E-state index contributed by atoms with van der Waals surface area (Å²) in [5.74, 6) is -0.0798. The van der Waals surface area contributed by atoms with Crippen LogP contribution >= 0.6 is 11.3 Å². The van der Waals surface area contributed by atoms with Gasteiger partial charge in [0.2, 0.25) is 5.91 Å². The van der Waals surface area contributed by atoms with Gasteiger partial charge >= 0.3 is 0 Å². The standard InChI is InChI=1S/C19H23N3O2S/c1-13-16-9-11-25-17(16)8-10-22(13)12-18(23)20-15-6-4-14(5-7-15)19(24)21(2)3/h4-7,9,11,13H,8,10,12H2,1-3H3,(H,20,23)/t13-/m0/s1. The molecule has 0 radical (unpaired) electrons. The lowest BCUT2D eigenvalue weighted by molar-refractivity contribution is -0.117. The average molecular weight is 357 g/mol. The van der Waals surface area contributed by atoms with Gasteiger partial charge < -0.3 is 10.2 Å². The minimum absolute atomic E-state index is 0.0304. The van der Waals surface area contributed by atoms with Crippen molar-refractivity contribution in [3.8, 4) is 0 Å². The summed E-state index contributed by atoms with van der Waals surface area (Å²) in [7, 11) is 3.44. The highest BCUT2D eigenvalue weighted by Crippen LogP contribution is 2.32. The summed E-state index contributed by atoms with van der Waals surface area (Å²) in [4.78, 5) is 29.4. The van der Waals surface area contributed by atoms with E-state index in [9.17, 15) is 9.59 Å². The van der Waals surface area contributed by atoms with E-state index in [0.29, 0.717) is 17.8 Å². The Morgan fingerprint density at radius 2 is 1.96 bits per heavy atom. The lowest BCUT2D eigenvalue weighted by Crippen LogP contribution is -2.39. The molecule has 0 saturated heterocycles. The summed E-state index contributed by atoms with van der Waals surface area (Å²) in [6, 6.07) is 9.44. The molecule has 132 valence electrons. The molecule has 1 N–H and O–H groups in total. The van der Waals surface area contributed by atoms with Crippen molar-refractivity contribution in [3.63, 3.8) is 0 Å². The molecule has 1 aliphatic rings. The minimum Gasteiger partial charge on any atom is -0.345 e. The van der Waals surface area contributed by atoms with Crippen LogP contribution in [0.5, 0.6) is 0 Å². The SMILES string of the molecule is C[C@H]1c2ccsc2CCN1CC(=O)Nc1ccc(C(=O)N(C)C)cc1. The Morgan fingerprint density at radius 3 is 2.64 bits per heavy atom. The molecule has 3 rings (SSSR count). The number of hydrogen-bond donors (Lipinski definition) is 1. The number of nitrogens with zero attached hydrogens (tertiary/aromatic N) is 2. The van der Waals surface area contributed by atoms with Gasteiger partial charge in [0.05, 0.1) is 6.54 Å². The smallest absolute Gasteiger partial charge is 0.253 e. The zero-order valence-corrected chi connectivity index (χ0v) is 15.6. The Kier molecular flexibility index (Phi) is 5.20. The molecule has 2 heterocycles. The first-order valence-electron chi connectivity index (χ1n) is 8.37. The highest BCUT2D eigenvalue weighted by molar-refractivity contribution is 7.10. The van der Waals surface area contributed by atoms with Crippen LogP contribution in [-0.4, -0.2) is 48.8 Å². The molecule has 0 fully saturated rings. The largest absolute Gasteiger partial charge is 0.345 e. The second kappa shape index (κ2) is 7.37. The number of anilines is 1. The van der Waals surface area contributed by atoms with Crippen LogP contribution in [0.25, 0.3) is 0 Å². The number of carbonyl (C=O) groups excluding carboxylic acids is 2. The van der Waals surface area contributed by atoms with E-state index in [-0.39, 0.29) is 17.9 Å². The van der Waals surface area contributed by atoms with Gasteiger partial charge in [-0.3, -0.25) is 14.5 Å². The van der Waals surface area contributed by atoms with Crippen molar-refractivity contribution in [1.29, 1.82) is 0 Å². The van der Waals surface area contributed by atoms with E-state index in [4.69, 9.17) is 0 Å². The molecule has 0 unspecified atom stereocenters. The molecule has 0 spiro atoms. The van der Waals surface area contributed by atoms with Gasteiger partial charge in [0.1, 0.15) is 0 Å². The predicted molar refractivity (Wildman–Crippen MR) is 101 cm³/mol. The number of fused-ring (bicyclic) bond motifs is 1. The van der Waals surface area contributed by atoms with Gasteiger partial charge in [-0.15, -0.1) is 11.3 Å². The van der Waals surface area contributed by atoms with Crippen LogP contribution in [0, 0.1) is 0 Å². The van der Waals surface area contributed by atoms with Crippen molar-refractivity contribution in [2.24, 2.45) is 0 Å². The van der Waals surface area contributed by atoms with Crippen LogP contribution in [0.3, 0.4) is 0 Å². The Hall–Kier alpha value is -2.18. The molecule has 25 heavy (non-hydrogen) atoms. The zero-order valence-electron chi connectivity index (χ0n) is 14.8. The summed E-state index contributed by atoms with van der Waals surface area (Å²) >= 11 is 1.80. The fraction of sp³-hybridized carbons (Fsp3) is 0.368. The average Bonchev–Trinajstić information content (AvgIpc) is 3.07. The Balaban J connectivity index is 1.59. The van der Waals surface area contributed by atoms with Crippen molar-refractivity contribution < 1.29 is 9.59 Å². The molecule has 0 aliphatic carbocycles. The van der Waals surface area contributed by atoms with E-state index in [1.807, 2.05) is 0 Å². The molecular formula is C19H23N3O2S. The third kappa shape index (κ3) is 3.91. The lowest BCUT2D eigenvalue weighted by Gasteiger charge is -2.32. The van der Waals surface area contributed by atoms with E-state index in [2.05, 4.69) is 28.6 Å². The van der Waals surface area contributed by atoms with Gasteiger partial charge in [-0.25, -0.2) is 0 Å². The summed E-state index contributed by atoms with van der Waals surface area (Å²) < 4.78 is 0. The number of benzene rings is 1. The molecule has 1 aliphatic heterocycles. The normalized spacial score (nSPS) is 17.0. The highest BCUT2D eigenvalue weighted by atomic mass is 32.1. The van der Waals surface area contributed by atoms with Crippen molar-refractivity contribution in [2.45, 2.75) is 19.4 Å². The highest BCUT2D eigenvalue weighted by Gasteiger charge is 2.26. The van der Waals surface area contributed by atoms with Gasteiger partial charge in [0, 0.05) is 42.8 Å². The van der Waals surface area contributed by atoms with E-state index in [0.717, 1.165) is 13.0 Å². The number of rotatable bonds is 4. The molecule has 6 heteroatoms. The third-order valence-electron chi connectivity index (χ3n) is 4.57. The molecular weight excluding hydrogens is 334 g/mol. The molecule has 5 nitrogen and oxygen atoms in total. The molecule has 0 saturated carbocycles. The number of nitrogens with one attached hydrogen (secondary N) is 1. The fourth-order valence-electron chi connectivity index (χ4n) is 3.12. The van der Waals surface area contributed by atoms with Crippen molar-refractivity contribution >= 4 is 28.8 Å².